The number of rotatable bonds is 2. The third kappa shape index (κ3) is 1.14. The summed E-state index contributed by atoms with van der Waals surface area (Å²) in [4.78, 5) is 0. The number of ether oxygens (including phenoxy) is 1. The molecule has 0 amide bonds. The highest BCUT2D eigenvalue weighted by Crippen LogP contribution is 2.79. The van der Waals surface area contributed by atoms with Crippen molar-refractivity contribution >= 4 is 17.4 Å². The molecule has 5 heteroatoms. The van der Waals surface area contributed by atoms with Crippen molar-refractivity contribution in [2.75, 3.05) is 0 Å². The van der Waals surface area contributed by atoms with Gasteiger partial charge in [-0.15, -0.1) is 0 Å². The summed E-state index contributed by atoms with van der Waals surface area (Å²) in [6.07, 6.45) is 4.36. The summed E-state index contributed by atoms with van der Waals surface area (Å²) >= 11 is 0. The summed E-state index contributed by atoms with van der Waals surface area (Å²) in [5.41, 5.74) is -0.824. The van der Waals surface area contributed by atoms with Crippen LogP contribution in [-0.2, 0) is 9.26 Å². The molecule has 108 valence electrons. The smallest absolute Gasteiger partial charge is 0.132 e. The van der Waals surface area contributed by atoms with Crippen molar-refractivity contribution in [3.63, 3.8) is 0 Å². The van der Waals surface area contributed by atoms with E-state index >= 15 is 0 Å². The van der Waals surface area contributed by atoms with Crippen LogP contribution in [0.3, 0.4) is 0 Å². The standard InChI is InChI=1S/C14H24O3P2/c1-11(2)8-4-6-12(11,3)14-9(16-14)5-7-13(14,15)10(8)17-19-18/h8-10,15,19H,4-7,18H2,1-3H3/t8?,9-,10-,12?,13-,14+/m1/s1. The maximum Gasteiger partial charge on any atom is 0.132 e. The van der Waals surface area contributed by atoms with Gasteiger partial charge in [0, 0.05) is 13.9 Å². The van der Waals surface area contributed by atoms with E-state index in [1.807, 2.05) is 0 Å². The van der Waals surface area contributed by atoms with Gasteiger partial charge in [-0.25, -0.2) is 0 Å². The number of aliphatic hydroxyl groups is 1. The van der Waals surface area contributed by atoms with Crippen LogP contribution in [-0.4, -0.2) is 28.5 Å². The minimum absolute atomic E-state index is 0.0543. The highest BCUT2D eigenvalue weighted by molar-refractivity contribution is 8.00. The lowest BCUT2D eigenvalue weighted by Gasteiger charge is -2.59. The van der Waals surface area contributed by atoms with Crippen molar-refractivity contribution in [1.82, 2.24) is 0 Å². The Hall–Kier alpha value is 0.740. The molecule has 1 N–H and O–H groups in total. The summed E-state index contributed by atoms with van der Waals surface area (Å²) in [6.45, 7) is 7.07. The molecule has 1 saturated heterocycles. The third-order valence-corrected chi connectivity index (χ3v) is 8.11. The Bertz CT molecular complexity index is 442. The van der Waals surface area contributed by atoms with Gasteiger partial charge < -0.3 is 14.4 Å². The van der Waals surface area contributed by atoms with Crippen LogP contribution >= 0.6 is 17.4 Å². The minimum Gasteiger partial charge on any atom is -0.384 e. The van der Waals surface area contributed by atoms with Crippen molar-refractivity contribution in [3.8, 4) is 0 Å². The van der Waals surface area contributed by atoms with Gasteiger partial charge in [0.2, 0.25) is 0 Å². The first kappa shape index (κ1) is 13.4. The van der Waals surface area contributed by atoms with E-state index in [1.165, 1.54) is 0 Å². The number of epoxide rings is 1. The van der Waals surface area contributed by atoms with Gasteiger partial charge in [-0.05, 0) is 37.0 Å². The van der Waals surface area contributed by atoms with E-state index in [2.05, 4.69) is 29.7 Å². The highest BCUT2D eigenvalue weighted by Gasteiger charge is 2.88. The van der Waals surface area contributed by atoms with Crippen molar-refractivity contribution in [2.24, 2.45) is 16.7 Å². The Balaban J connectivity index is 1.89. The molecule has 3 nitrogen and oxygen atoms in total. The molecule has 0 aromatic carbocycles. The molecule has 4 rings (SSSR count). The maximum absolute atomic E-state index is 11.4. The molecular formula is C14H24O3P2. The van der Waals surface area contributed by atoms with Gasteiger partial charge in [0.1, 0.15) is 11.2 Å². The molecule has 8 atom stereocenters. The van der Waals surface area contributed by atoms with Crippen LogP contribution in [0.2, 0.25) is 0 Å². The Morgan fingerprint density at radius 1 is 1.26 bits per heavy atom. The molecule has 4 fully saturated rings. The van der Waals surface area contributed by atoms with E-state index < -0.39 is 5.60 Å². The monoisotopic (exact) mass is 302 g/mol. The fraction of sp³-hybridized carbons (Fsp3) is 1.00. The zero-order valence-corrected chi connectivity index (χ0v) is 14.1. The molecule has 1 aliphatic heterocycles. The molecule has 0 aromatic heterocycles. The highest BCUT2D eigenvalue weighted by atomic mass is 32.0. The lowest BCUT2D eigenvalue weighted by Crippen LogP contribution is -2.69. The van der Waals surface area contributed by atoms with Gasteiger partial charge in [-0.3, -0.25) is 0 Å². The van der Waals surface area contributed by atoms with Crippen LogP contribution in [0.5, 0.6) is 0 Å². The third-order valence-electron chi connectivity index (χ3n) is 7.31. The van der Waals surface area contributed by atoms with Gasteiger partial charge in [-0.2, -0.15) is 0 Å². The summed E-state index contributed by atoms with van der Waals surface area (Å²) in [5, 5.41) is 11.4. The van der Waals surface area contributed by atoms with E-state index in [1.54, 1.807) is 0 Å². The normalized spacial score (nSPS) is 61.4. The van der Waals surface area contributed by atoms with Gasteiger partial charge in [0.15, 0.2) is 0 Å². The summed E-state index contributed by atoms with van der Waals surface area (Å²) in [5.74, 6) is 0.448. The van der Waals surface area contributed by atoms with Gasteiger partial charge in [0.05, 0.1) is 12.2 Å². The molecule has 19 heavy (non-hydrogen) atoms. The molecule has 3 saturated carbocycles. The average Bonchev–Trinajstić information content (AvgIpc) is 2.98. The Morgan fingerprint density at radius 2 is 2.00 bits per heavy atom. The van der Waals surface area contributed by atoms with Crippen LogP contribution in [0.25, 0.3) is 0 Å². The molecule has 3 aliphatic carbocycles. The molecule has 4 unspecified atom stereocenters. The molecule has 0 radical (unpaired) electrons. The maximum atomic E-state index is 11.4. The topological polar surface area (TPSA) is 42.0 Å². The lowest BCUT2D eigenvalue weighted by molar-refractivity contribution is -0.222. The largest absolute Gasteiger partial charge is 0.384 e. The van der Waals surface area contributed by atoms with Crippen molar-refractivity contribution in [1.29, 1.82) is 0 Å². The van der Waals surface area contributed by atoms with Crippen molar-refractivity contribution in [2.45, 2.75) is 69.9 Å². The molecular weight excluding hydrogens is 278 g/mol. The predicted molar refractivity (Wildman–Crippen MR) is 79.3 cm³/mol. The van der Waals surface area contributed by atoms with E-state index in [9.17, 15) is 5.11 Å². The minimum atomic E-state index is -0.757. The summed E-state index contributed by atoms with van der Waals surface area (Å²) in [6, 6.07) is 0. The number of fused-ring (bicyclic) bond motifs is 2. The van der Waals surface area contributed by atoms with Crippen LogP contribution in [0.1, 0.15) is 46.5 Å². The quantitative estimate of drug-likeness (QED) is 0.630. The first-order valence-electron chi connectivity index (χ1n) is 7.36. The second-order valence-corrected chi connectivity index (χ2v) is 8.84. The average molecular weight is 302 g/mol. The van der Waals surface area contributed by atoms with Gasteiger partial charge in [-0.1, -0.05) is 29.7 Å². The molecule has 1 spiro atoms. The SMILES string of the molecule is CC1(C)C2CCC1(C)[C@@]13O[C@@H]1CC[C@@]3(O)[C@@H]2OPP. The summed E-state index contributed by atoms with van der Waals surface area (Å²) < 4.78 is 12.2. The molecule has 1 heterocycles. The second kappa shape index (κ2) is 3.55. The van der Waals surface area contributed by atoms with Crippen LogP contribution in [0.15, 0.2) is 0 Å². The van der Waals surface area contributed by atoms with E-state index in [-0.39, 0.29) is 28.6 Å². The van der Waals surface area contributed by atoms with Gasteiger partial charge in [0.25, 0.3) is 0 Å². The molecule has 4 aliphatic rings. The molecule has 0 aromatic rings. The van der Waals surface area contributed by atoms with E-state index in [0.29, 0.717) is 14.4 Å². The number of hydrogen-bond acceptors (Lipinski definition) is 3. The van der Waals surface area contributed by atoms with Crippen LogP contribution in [0, 0.1) is 16.7 Å². The van der Waals surface area contributed by atoms with Crippen LogP contribution < -0.4 is 0 Å². The van der Waals surface area contributed by atoms with Crippen molar-refractivity contribution < 1.29 is 14.4 Å². The Morgan fingerprint density at radius 3 is 2.63 bits per heavy atom. The van der Waals surface area contributed by atoms with E-state index in [0.717, 1.165) is 25.7 Å². The van der Waals surface area contributed by atoms with Crippen molar-refractivity contribution in [3.05, 3.63) is 0 Å². The Kier molecular flexibility index (Phi) is 2.51. The fourth-order valence-electron chi connectivity index (χ4n) is 6.00. The van der Waals surface area contributed by atoms with Gasteiger partial charge >= 0.3 is 0 Å². The Labute approximate surface area is 119 Å². The zero-order valence-electron chi connectivity index (χ0n) is 11.9. The molecule has 2 bridgehead atoms. The lowest BCUT2D eigenvalue weighted by atomic mass is 9.49. The van der Waals surface area contributed by atoms with E-state index in [4.69, 9.17) is 9.26 Å². The number of hydrogen-bond donors (Lipinski definition) is 1. The first-order valence-corrected chi connectivity index (χ1v) is 10.1. The fourth-order valence-corrected chi connectivity index (χ4v) is 6.95. The zero-order chi connectivity index (χ0) is 13.7. The summed E-state index contributed by atoms with van der Waals surface area (Å²) in [7, 11) is 3.02. The van der Waals surface area contributed by atoms with Crippen LogP contribution in [0.4, 0.5) is 0 Å². The first-order chi connectivity index (χ1) is 8.85. The second-order valence-electron chi connectivity index (χ2n) is 7.66. The predicted octanol–water partition coefficient (Wildman–Crippen LogP) is 2.87.